The second-order valence-corrected chi connectivity index (χ2v) is 8.80. The fraction of sp³-hybridized carbons (Fsp3) is 0.375. The van der Waals surface area contributed by atoms with Crippen molar-refractivity contribution in [1.82, 2.24) is 31.4 Å². The van der Waals surface area contributed by atoms with Crippen LogP contribution in [0.2, 0.25) is 0 Å². The molecule has 2 aliphatic rings. The van der Waals surface area contributed by atoms with E-state index in [1.807, 2.05) is 18.9 Å². The number of amides is 1. The van der Waals surface area contributed by atoms with E-state index >= 15 is 0 Å². The molecule has 4 unspecified atom stereocenters. The summed E-state index contributed by atoms with van der Waals surface area (Å²) in [6.45, 7) is 4.54. The van der Waals surface area contributed by atoms with Crippen molar-refractivity contribution in [1.29, 1.82) is 0 Å². The number of hydrogen-bond donors (Lipinski definition) is 4. The van der Waals surface area contributed by atoms with Gasteiger partial charge in [0.1, 0.15) is 18.1 Å². The molecule has 1 amide bonds. The highest BCUT2D eigenvalue weighted by molar-refractivity contribution is 6.04. The number of rotatable bonds is 6. The average molecular weight is 466 g/mol. The van der Waals surface area contributed by atoms with Crippen molar-refractivity contribution in [3.8, 4) is 0 Å². The molecule has 0 bridgehead atoms. The maximum atomic E-state index is 13.4. The van der Waals surface area contributed by atoms with E-state index in [9.17, 15) is 14.0 Å². The molecule has 34 heavy (non-hydrogen) atoms. The molecule has 0 saturated carbocycles. The van der Waals surface area contributed by atoms with E-state index in [1.165, 1.54) is 16.8 Å². The lowest BCUT2D eigenvalue weighted by Crippen LogP contribution is -2.52. The number of carbonyl (C=O) groups is 1. The van der Waals surface area contributed by atoms with E-state index in [1.54, 1.807) is 36.4 Å². The van der Waals surface area contributed by atoms with Gasteiger partial charge < -0.3 is 5.32 Å². The molecule has 9 nitrogen and oxygen atoms in total. The summed E-state index contributed by atoms with van der Waals surface area (Å²) in [7, 11) is 0. The van der Waals surface area contributed by atoms with Crippen molar-refractivity contribution in [2.75, 3.05) is 5.01 Å². The molecule has 1 aromatic heterocycles. The van der Waals surface area contributed by atoms with Crippen LogP contribution in [0.15, 0.2) is 53.3 Å². The van der Waals surface area contributed by atoms with Gasteiger partial charge in [-0.05, 0) is 43.7 Å². The van der Waals surface area contributed by atoms with E-state index in [2.05, 4.69) is 26.7 Å². The third kappa shape index (κ3) is 3.93. The number of fused-ring (bicyclic) bond motifs is 2. The monoisotopic (exact) mass is 465 g/mol. The molecule has 10 heteroatoms. The van der Waals surface area contributed by atoms with Crippen molar-refractivity contribution in [2.24, 2.45) is 5.92 Å². The van der Waals surface area contributed by atoms with Gasteiger partial charge in [0.25, 0.3) is 11.5 Å². The van der Waals surface area contributed by atoms with Crippen LogP contribution in [0.5, 0.6) is 0 Å². The van der Waals surface area contributed by atoms with E-state index < -0.39 is 0 Å². The molecular weight excluding hydrogens is 437 g/mol. The third-order valence-corrected chi connectivity index (χ3v) is 6.53. The molecular formula is C24H28FN7O2. The second kappa shape index (κ2) is 9.13. The molecule has 2 aromatic carbocycles. The largest absolute Gasteiger partial charge is 0.334 e. The van der Waals surface area contributed by atoms with Gasteiger partial charge in [-0.15, -0.1) is 0 Å². The summed E-state index contributed by atoms with van der Waals surface area (Å²) < 4.78 is 14.8. The normalized spacial score (nSPS) is 23.9. The van der Waals surface area contributed by atoms with Gasteiger partial charge in [0, 0.05) is 23.9 Å². The van der Waals surface area contributed by atoms with Crippen LogP contribution < -0.4 is 32.2 Å². The molecule has 4 N–H and O–H groups in total. The Kier molecular flexibility index (Phi) is 6.03. The summed E-state index contributed by atoms with van der Waals surface area (Å²) >= 11 is 0. The number of hydrogen-bond acceptors (Lipinski definition) is 7. The predicted molar refractivity (Wildman–Crippen MR) is 127 cm³/mol. The maximum Gasteiger partial charge on any atom is 0.274 e. The lowest BCUT2D eigenvalue weighted by molar-refractivity contribution is 0.0913. The van der Waals surface area contributed by atoms with Crippen molar-refractivity contribution in [2.45, 2.75) is 51.6 Å². The van der Waals surface area contributed by atoms with E-state index in [0.29, 0.717) is 17.3 Å². The Labute approximate surface area is 196 Å². The molecule has 0 spiro atoms. The number of halogens is 1. The smallest absolute Gasteiger partial charge is 0.274 e. The van der Waals surface area contributed by atoms with Crippen molar-refractivity contribution >= 4 is 22.4 Å². The number of nitrogens with one attached hydrogen (secondary N) is 4. The van der Waals surface area contributed by atoms with Crippen LogP contribution in [0.1, 0.15) is 37.2 Å². The highest BCUT2D eigenvalue weighted by Gasteiger charge is 2.49. The van der Waals surface area contributed by atoms with Gasteiger partial charge in [-0.1, -0.05) is 31.5 Å². The van der Waals surface area contributed by atoms with Crippen LogP contribution >= 0.6 is 0 Å². The number of aromatic nitrogens is 2. The average Bonchev–Trinajstić information content (AvgIpc) is 3.40. The number of anilines is 1. The van der Waals surface area contributed by atoms with Crippen molar-refractivity contribution < 1.29 is 9.18 Å². The Balaban J connectivity index is 1.40. The minimum Gasteiger partial charge on any atom is -0.334 e. The zero-order chi connectivity index (χ0) is 23.8. The molecule has 2 saturated heterocycles. The molecule has 3 heterocycles. The molecule has 2 aliphatic heterocycles. The Morgan fingerprint density at radius 2 is 1.85 bits per heavy atom. The standard InChI is InChI=1S/C24H28FN7O2/c1-3-4-13-31-24(34)18-8-6-5-7-17(18)20(30-31)23(33)26-21-19-14(2)29-32(22(19)28-27-21)16-11-9-15(25)10-12-16/h5-12,14,19,21-22,27-29H,3-4,13H2,1-2H3,(H,26,33). The molecule has 178 valence electrons. The zero-order valence-corrected chi connectivity index (χ0v) is 19.1. The Morgan fingerprint density at radius 1 is 1.12 bits per heavy atom. The Bertz CT molecular complexity index is 1260. The van der Waals surface area contributed by atoms with Crippen LogP contribution in [-0.2, 0) is 6.54 Å². The van der Waals surface area contributed by atoms with Gasteiger partial charge >= 0.3 is 0 Å². The summed E-state index contributed by atoms with van der Waals surface area (Å²) in [4.78, 5) is 26.3. The number of nitrogens with zero attached hydrogens (tertiary/aromatic N) is 3. The quantitative estimate of drug-likeness (QED) is 0.441. The molecule has 3 aromatic rings. The summed E-state index contributed by atoms with van der Waals surface area (Å²) in [5.74, 6) is -0.671. The summed E-state index contributed by atoms with van der Waals surface area (Å²) in [6.07, 6.45) is 1.17. The third-order valence-electron chi connectivity index (χ3n) is 6.53. The number of hydrazine groups is 2. The van der Waals surface area contributed by atoms with Crippen LogP contribution in [-0.4, -0.2) is 34.1 Å². The fourth-order valence-corrected chi connectivity index (χ4v) is 4.78. The number of benzene rings is 2. The Morgan fingerprint density at radius 3 is 2.59 bits per heavy atom. The van der Waals surface area contributed by atoms with Crippen LogP contribution in [0.4, 0.5) is 10.1 Å². The molecule has 4 atom stereocenters. The van der Waals surface area contributed by atoms with Crippen LogP contribution in [0.25, 0.3) is 10.8 Å². The highest BCUT2D eigenvalue weighted by atomic mass is 19.1. The minimum absolute atomic E-state index is 0.0195. The first-order chi connectivity index (χ1) is 16.5. The molecule has 2 fully saturated rings. The molecule has 5 rings (SSSR count). The number of carbonyl (C=O) groups excluding carboxylic acids is 1. The van der Waals surface area contributed by atoms with Crippen LogP contribution in [0.3, 0.4) is 0 Å². The lowest BCUT2D eigenvalue weighted by Gasteiger charge is -2.25. The second-order valence-electron chi connectivity index (χ2n) is 8.80. The van der Waals surface area contributed by atoms with Gasteiger partial charge in [-0.25, -0.2) is 25.3 Å². The van der Waals surface area contributed by atoms with Gasteiger partial charge in [-0.3, -0.25) is 14.6 Å². The fourth-order valence-electron chi connectivity index (χ4n) is 4.78. The molecule has 0 aliphatic carbocycles. The van der Waals surface area contributed by atoms with Gasteiger partial charge in [-0.2, -0.15) is 5.10 Å². The van der Waals surface area contributed by atoms with Gasteiger partial charge in [0.2, 0.25) is 0 Å². The predicted octanol–water partition coefficient (Wildman–Crippen LogP) is 1.86. The Hall–Kier alpha value is -3.34. The summed E-state index contributed by atoms with van der Waals surface area (Å²) in [6, 6.07) is 13.3. The van der Waals surface area contributed by atoms with Crippen molar-refractivity contribution in [3.05, 3.63) is 70.4 Å². The first-order valence-electron chi connectivity index (χ1n) is 11.6. The van der Waals surface area contributed by atoms with Crippen LogP contribution in [0, 0.1) is 11.7 Å². The van der Waals surface area contributed by atoms with E-state index in [0.717, 1.165) is 18.5 Å². The number of aryl methyl sites for hydroxylation is 1. The first-order valence-corrected chi connectivity index (χ1v) is 11.6. The minimum atomic E-state index is -0.387. The summed E-state index contributed by atoms with van der Waals surface area (Å²) in [5, 5.41) is 10.4. The zero-order valence-electron chi connectivity index (χ0n) is 19.1. The number of unbranched alkanes of at least 4 members (excludes halogenated alkanes) is 1. The van der Waals surface area contributed by atoms with Crippen molar-refractivity contribution in [3.63, 3.8) is 0 Å². The first kappa shape index (κ1) is 22.5. The topological polar surface area (TPSA) is 103 Å². The molecule has 0 radical (unpaired) electrons. The lowest BCUT2D eigenvalue weighted by atomic mass is 9.98. The van der Waals surface area contributed by atoms with Gasteiger partial charge in [0.05, 0.1) is 11.1 Å². The maximum absolute atomic E-state index is 13.4. The van der Waals surface area contributed by atoms with E-state index in [-0.39, 0.29) is 47.3 Å². The SMILES string of the molecule is CCCCn1nc(C(=O)NC2NNC3C2C(C)NN3c2ccc(F)cc2)c2ccccc2c1=O. The van der Waals surface area contributed by atoms with Gasteiger partial charge in [0.15, 0.2) is 5.69 Å². The van der Waals surface area contributed by atoms with E-state index in [4.69, 9.17) is 0 Å². The summed E-state index contributed by atoms with van der Waals surface area (Å²) in [5.41, 5.74) is 10.7. The highest BCUT2D eigenvalue weighted by Crippen LogP contribution is 2.30.